The van der Waals surface area contributed by atoms with E-state index in [1.165, 1.54) is 19.3 Å². The van der Waals surface area contributed by atoms with Crippen molar-refractivity contribution in [3.05, 3.63) is 6.42 Å². The van der Waals surface area contributed by atoms with Gasteiger partial charge in [-0.2, -0.15) is 0 Å². The van der Waals surface area contributed by atoms with Crippen LogP contribution < -0.4 is 5.32 Å². The lowest BCUT2D eigenvalue weighted by Crippen LogP contribution is -2.20. The standard InChI is InChI=1S/C6H12N/c1-7-6-4-2-3-5-6/h2,6-7H,3-5H2,1H3. The summed E-state index contributed by atoms with van der Waals surface area (Å²) in [7, 11) is 2.03. The molecule has 1 unspecified atom stereocenters. The Morgan fingerprint density at radius 3 is 2.86 bits per heavy atom. The van der Waals surface area contributed by atoms with Gasteiger partial charge in [0.1, 0.15) is 0 Å². The summed E-state index contributed by atoms with van der Waals surface area (Å²) in [4.78, 5) is 0. The van der Waals surface area contributed by atoms with Crippen LogP contribution in [0.3, 0.4) is 0 Å². The average Bonchev–Trinajstić information content (AvgIpc) is 2.14. The van der Waals surface area contributed by atoms with Crippen molar-refractivity contribution in [3.8, 4) is 0 Å². The molecule has 1 aliphatic carbocycles. The maximum atomic E-state index is 3.23. The van der Waals surface area contributed by atoms with Gasteiger partial charge in [-0.15, -0.1) is 0 Å². The molecule has 0 aliphatic heterocycles. The first kappa shape index (κ1) is 5.10. The van der Waals surface area contributed by atoms with E-state index in [0.29, 0.717) is 0 Å². The summed E-state index contributed by atoms with van der Waals surface area (Å²) in [6.45, 7) is 0. The molecule has 1 saturated carbocycles. The fraction of sp³-hybridized carbons (Fsp3) is 0.833. The predicted molar refractivity (Wildman–Crippen MR) is 31.0 cm³/mol. The van der Waals surface area contributed by atoms with Gasteiger partial charge in [-0.05, 0) is 32.7 Å². The monoisotopic (exact) mass is 98.1 g/mol. The second-order valence-corrected chi connectivity index (χ2v) is 2.09. The summed E-state index contributed by atoms with van der Waals surface area (Å²) in [6.07, 6.45) is 6.28. The second kappa shape index (κ2) is 2.31. The van der Waals surface area contributed by atoms with Crippen LogP contribution >= 0.6 is 0 Å². The van der Waals surface area contributed by atoms with E-state index >= 15 is 0 Å². The van der Waals surface area contributed by atoms with Gasteiger partial charge in [-0.1, -0.05) is 0 Å². The summed E-state index contributed by atoms with van der Waals surface area (Å²) in [5.41, 5.74) is 0. The van der Waals surface area contributed by atoms with Crippen LogP contribution in [0.1, 0.15) is 19.3 Å². The third-order valence-corrected chi connectivity index (χ3v) is 1.58. The fourth-order valence-electron chi connectivity index (χ4n) is 1.02. The molecular formula is C6H12N. The fourth-order valence-corrected chi connectivity index (χ4v) is 1.02. The van der Waals surface area contributed by atoms with Crippen molar-refractivity contribution in [3.63, 3.8) is 0 Å². The molecule has 0 heterocycles. The van der Waals surface area contributed by atoms with Gasteiger partial charge in [0.05, 0.1) is 0 Å². The molecule has 0 saturated heterocycles. The zero-order valence-electron chi connectivity index (χ0n) is 4.78. The van der Waals surface area contributed by atoms with Gasteiger partial charge < -0.3 is 5.32 Å². The first-order valence-electron chi connectivity index (χ1n) is 2.92. The molecule has 1 radical (unpaired) electrons. The Kier molecular flexibility index (Phi) is 1.69. The van der Waals surface area contributed by atoms with Crippen LogP contribution in [0.5, 0.6) is 0 Å². The van der Waals surface area contributed by atoms with E-state index in [2.05, 4.69) is 11.7 Å². The molecular weight excluding hydrogens is 86.1 g/mol. The molecule has 0 aromatic carbocycles. The predicted octanol–water partition coefficient (Wildman–Crippen LogP) is 0.963. The normalized spacial score (nSPS) is 23.6. The van der Waals surface area contributed by atoms with Crippen LogP contribution in [-0.4, -0.2) is 13.1 Å². The highest BCUT2D eigenvalue weighted by Crippen LogP contribution is 2.15. The molecule has 1 nitrogen and oxygen atoms in total. The number of nitrogens with one attached hydrogen (secondary N) is 1. The topological polar surface area (TPSA) is 12.0 Å². The van der Waals surface area contributed by atoms with Crippen molar-refractivity contribution in [1.29, 1.82) is 0 Å². The summed E-state index contributed by atoms with van der Waals surface area (Å²) < 4.78 is 0. The molecule has 1 rings (SSSR count). The number of hydrogen-bond donors (Lipinski definition) is 1. The van der Waals surface area contributed by atoms with Crippen LogP contribution in [0.4, 0.5) is 0 Å². The van der Waals surface area contributed by atoms with Crippen molar-refractivity contribution in [2.45, 2.75) is 25.3 Å². The minimum Gasteiger partial charge on any atom is -0.317 e. The van der Waals surface area contributed by atoms with Crippen LogP contribution in [-0.2, 0) is 0 Å². The second-order valence-electron chi connectivity index (χ2n) is 2.09. The zero-order valence-corrected chi connectivity index (χ0v) is 4.78. The molecule has 0 aromatic heterocycles. The maximum Gasteiger partial charge on any atom is 0.00669 e. The smallest absolute Gasteiger partial charge is 0.00669 e. The lowest BCUT2D eigenvalue weighted by Gasteiger charge is -2.03. The van der Waals surface area contributed by atoms with Crippen LogP contribution in [0.2, 0.25) is 0 Å². The molecule has 0 aromatic rings. The van der Waals surface area contributed by atoms with Crippen LogP contribution in [0.15, 0.2) is 0 Å². The first-order chi connectivity index (χ1) is 3.43. The van der Waals surface area contributed by atoms with Crippen molar-refractivity contribution in [2.75, 3.05) is 7.05 Å². The van der Waals surface area contributed by atoms with E-state index in [1.807, 2.05) is 7.05 Å². The lowest BCUT2D eigenvalue weighted by molar-refractivity contribution is 0.588. The Morgan fingerprint density at radius 1 is 1.71 bits per heavy atom. The van der Waals surface area contributed by atoms with Gasteiger partial charge in [-0.3, -0.25) is 0 Å². The highest BCUT2D eigenvalue weighted by atomic mass is 14.9. The average molecular weight is 98.2 g/mol. The van der Waals surface area contributed by atoms with E-state index in [1.54, 1.807) is 0 Å². The van der Waals surface area contributed by atoms with Crippen molar-refractivity contribution in [2.24, 2.45) is 0 Å². The molecule has 1 heteroatoms. The van der Waals surface area contributed by atoms with Gasteiger partial charge in [0.2, 0.25) is 0 Å². The molecule has 0 spiro atoms. The SMILES string of the molecule is CNC1C[CH]CC1. The summed E-state index contributed by atoms with van der Waals surface area (Å²) >= 11 is 0. The Bertz CT molecular complexity index is 46.1. The zero-order chi connectivity index (χ0) is 5.11. The summed E-state index contributed by atoms with van der Waals surface area (Å²) in [6, 6.07) is 0.792. The lowest BCUT2D eigenvalue weighted by atomic mass is 10.3. The third kappa shape index (κ3) is 1.16. The van der Waals surface area contributed by atoms with Crippen LogP contribution in [0, 0.1) is 6.42 Å². The largest absolute Gasteiger partial charge is 0.317 e. The van der Waals surface area contributed by atoms with Gasteiger partial charge in [0.25, 0.3) is 0 Å². The molecule has 0 amide bonds. The van der Waals surface area contributed by atoms with E-state index in [-0.39, 0.29) is 0 Å². The first-order valence-corrected chi connectivity index (χ1v) is 2.92. The molecule has 0 bridgehead atoms. The van der Waals surface area contributed by atoms with E-state index in [0.717, 1.165) is 6.04 Å². The molecule has 1 fully saturated rings. The van der Waals surface area contributed by atoms with E-state index in [4.69, 9.17) is 0 Å². The summed E-state index contributed by atoms with van der Waals surface area (Å²) in [5, 5.41) is 3.23. The van der Waals surface area contributed by atoms with Gasteiger partial charge in [-0.25, -0.2) is 0 Å². The van der Waals surface area contributed by atoms with Gasteiger partial charge in [0, 0.05) is 6.04 Å². The molecule has 1 aliphatic rings. The highest BCUT2D eigenvalue weighted by Gasteiger charge is 2.11. The van der Waals surface area contributed by atoms with Gasteiger partial charge >= 0.3 is 0 Å². The third-order valence-electron chi connectivity index (χ3n) is 1.58. The van der Waals surface area contributed by atoms with E-state index < -0.39 is 0 Å². The number of hydrogen-bond acceptors (Lipinski definition) is 1. The number of rotatable bonds is 1. The van der Waals surface area contributed by atoms with E-state index in [9.17, 15) is 0 Å². The Hall–Kier alpha value is -0.0400. The molecule has 1 N–H and O–H groups in total. The Balaban J connectivity index is 2.14. The highest BCUT2D eigenvalue weighted by molar-refractivity contribution is 4.83. The molecule has 1 atom stereocenters. The molecule has 7 heavy (non-hydrogen) atoms. The van der Waals surface area contributed by atoms with Gasteiger partial charge in [0.15, 0.2) is 0 Å². The quantitative estimate of drug-likeness (QED) is 0.515. The van der Waals surface area contributed by atoms with Crippen molar-refractivity contribution >= 4 is 0 Å². The van der Waals surface area contributed by atoms with Crippen molar-refractivity contribution < 1.29 is 0 Å². The minimum atomic E-state index is 0.792. The Morgan fingerprint density at radius 2 is 2.57 bits per heavy atom. The maximum absolute atomic E-state index is 3.23. The Labute approximate surface area is 45.1 Å². The molecule has 41 valence electrons. The van der Waals surface area contributed by atoms with Crippen LogP contribution in [0.25, 0.3) is 0 Å². The summed E-state index contributed by atoms with van der Waals surface area (Å²) in [5.74, 6) is 0. The van der Waals surface area contributed by atoms with Crippen molar-refractivity contribution in [1.82, 2.24) is 5.32 Å². The minimum absolute atomic E-state index is 0.792.